The maximum atomic E-state index is 11.2. The number of aliphatic hydroxyl groups is 1. The molecule has 0 aliphatic heterocycles. The van der Waals surface area contributed by atoms with Crippen molar-refractivity contribution in [2.75, 3.05) is 7.11 Å². The summed E-state index contributed by atoms with van der Waals surface area (Å²) in [4.78, 5) is 11.2. The summed E-state index contributed by atoms with van der Waals surface area (Å²) >= 11 is 0. The smallest absolute Gasteiger partial charge is 0.330 e. The SMILES string of the molecule is C1=CC2C3CCC(C3)C2C1.C=CC(=O)OC1CC2CC1C1C=CCC21.CO. The predicted octanol–water partition coefficient (Wildman–Crippen LogP) is 4.53. The number of carbonyl (C=O) groups is 1. The summed E-state index contributed by atoms with van der Waals surface area (Å²) in [7, 11) is 1.00. The Morgan fingerprint density at radius 2 is 1.59 bits per heavy atom. The monoisotopic (exact) mass is 370 g/mol. The van der Waals surface area contributed by atoms with Gasteiger partial charge in [0.1, 0.15) is 6.10 Å². The van der Waals surface area contributed by atoms with Crippen LogP contribution in [0.25, 0.3) is 0 Å². The number of allylic oxidation sites excluding steroid dienone is 4. The number of hydrogen-bond acceptors (Lipinski definition) is 3. The summed E-state index contributed by atoms with van der Waals surface area (Å²) in [5.74, 6) is 7.02. The highest BCUT2D eigenvalue weighted by Gasteiger charge is 2.53. The number of hydrogen-bond donors (Lipinski definition) is 1. The first kappa shape index (κ1) is 19.0. The molecule has 148 valence electrons. The van der Waals surface area contributed by atoms with E-state index in [0.717, 1.165) is 49.0 Å². The molecule has 4 fully saturated rings. The fraction of sp³-hybridized carbons (Fsp3) is 0.708. The molecule has 6 aliphatic carbocycles. The Labute approximate surface area is 163 Å². The molecule has 9 atom stereocenters. The highest BCUT2D eigenvalue weighted by atomic mass is 16.5. The molecule has 6 rings (SSSR count). The maximum absolute atomic E-state index is 11.2. The third kappa shape index (κ3) is 3.33. The van der Waals surface area contributed by atoms with E-state index in [9.17, 15) is 4.79 Å². The first-order valence-corrected chi connectivity index (χ1v) is 10.9. The minimum absolute atomic E-state index is 0.157. The van der Waals surface area contributed by atoms with Crippen molar-refractivity contribution < 1.29 is 14.6 Å². The maximum Gasteiger partial charge on any atom is 0.330 e. The topological polar surface area (TPSA) is 46.5 Å². The quantitative estimate of drug-likeness (QED) is 0.441. The number of carbonyl (C=O) groups excluding carboxylic acids is 1. The Balaban J connectivity index is 0.000000130. The Morgan fingerprint density at radius 1 is 0.926 bits per heavy atom. The number of esters is 1. The second-order valence-corrected chi connectivity index (χ2v) is 9.22. The minimum Gasteiger partial charge on any atom is -0.459 e. The van der Waals surface area contributed by atoms with Crippen LogP contribution < -0.4 is 0 Å². The Hall–Kier alpha value is -1.35. The first-order chi connectivity index (χ1) is 13.2. The van der Waals surface area contributed by atoms with Gasteiger partial charge in [-0.05, 0) is 86.4 Å². The van der Waals surface area contributed by atoms with Crippen LogP contribution in [0.4, 0.5) is 0 Å². The van der Waals surface area contributed by atoms with E-state index in [1.54, 1.807) is 12.8 Å². The van der Waals surface area contributed by atoms with E-state index in [2.05, 4.69) is 30.9 Å². The molecule has 4 saturated carbocycles. The molecular formula is C24H34O3. The molecule has 0 spiro atoms. The number of ether oxygens (including phenoxy) is 1. The molecule has 3 heteroatoms. The van der Waals surface area contributed by atoms with Crippen LogP contribution in [0.15, 0.2) is 37.0 Å². The Morgan fingerprint density at radius 3 is 2.30 bits per heavy atom. The van der Waals surface area contributed by atoms with Crippen molar-refractivity contribution >= 4 is 5.97 Å². The molecule has 3 nitrogen and oxygen atoms in total. The van der Waals surface area contributed by atoms with E-state index in [1.807, 2.05) is 0 Å². The first-order valence-electron chi connectivity index (χ1n) is 10.9. The van der Waals surface area contributed by atoms with Gasteiger partial charge in [0, 0.05) is 19.1 Å². The van der Waals surface area contributed by atoms with Crippen molar-refractivity contribution in [1.29, 1.82) is 0 Å². The van der Waals surface area contributed by atoms with Crippen molar-refractivity contribution in [2.24, 2.45) is 47.3 Å². The van der Waals surface area contributed by atoms with Gasteiger partial charge in [-0.3, -0.25) is 0 Å². The van der Waals surface area contributed by atoms with Crippen molar-refractivity contribution in [3.8, 4) is 0 Å². The molecule has 0 amide bonds. The van der Waals surface area contributed by atoms with E-state index >= 15 is 0 Å². The lowest BCUT2D eigenvalue weighted by Gasteiger charge is -2.30. The molecular weight excluding hydrogens is 336 g/mol. The Bertz CT molecular complexity index is 621. The number of aliphatic hydroxyl groups excluding tert-OH is 1. The highest BCUT2D eigenvalue weighted by Crippen LogP contribution is 2.57. The molecule has 0 aromatic carbocycles. The van der Waals surface area contributed by atoms with Gasteiger partial charge in [-0.2, -0.15) is 0 Å². The molecule has 0 aromatic heterocycles. The van der Waals surface area contributed by atoms with Crippen LogP contribution in [-0.2, 0) is 9.53 Å². The van der Waals surface area contributed by atoms with Crippen molar-refractivity contribution in [3.05, 3.63) is 37.0 Å². The second kappa shape index (κ2) is 7.95. The second-order valence-electron chi connectivity index (χ2n) is 9.22. The average Bonchev–Trinajstić information content (AvgIpc) is 3.51. The summed E-state index contributed by atoms with van der Waals surface area (Å²) < 4.78 is 5.41. The minimum atomic E-state index is -0.258. The van der Waals surface area contributed by atoms with E-state index in [-0.39, 0.29) is 12.1 Å². The van der Waals surface area contributed by atoms with Crippen LogP contribution in [0.5, 0.6) is 0 Å². The fourth-order valence-electron chi connectivity index (χ4n) is 7.32. The zero-order valence-corrected chi connectivity index (χ0v) is 16.5. The van der Waals surface area contributed by atoms with E-state index in [4.69, 9.17) is 9.84 Å². The van der Waals surface area contributed by atoms with Gasteiger partial charge in [0.05, 0.1) is 0 Å². The van der Waals surface area contributed by atoms with Crippen LogP contribution in [0.3, 0.4) is 0 Å². The summed E-state index contributed by atoms with van der Waals surface area (Å²) in [6, 6.07) is 0. The molecule has 0 saturated heterocycles. The summed E-state index contributed by atoms with van der Waals surface area (Å²) in [6.07, 6.45) is 20.6. The van der Waals surface area contributed by atoms with Crippen LogP contribution in [0.1, 0.15) is 44.9 Å². The van der Waals surface area contributed by atoms with Gasteiger partial charge in [0.15, 0.2) is 0 Å². The third-order valence-corrected chi connectivity index (χ3v) is 8.31. The normalized spacial score (nSPS) is 46.2. The van der Waals surface area contributed by atoms with Gasteiger partial charge in [0.25, 0.3) is 0 Å². The number of rotatable bonds is 2. The van der Waals surface area contributed by atoms with Gasteiger partial charge in [-0.1, -0.05) is 30.9 Å². The molecule has 6 aliphatic rings. The largest absolute Gasteiger partial charge is 0.459 e. The lowest BCUT2D eigenvalue weighted by atomic mass is 9.80. The summed E-state index contributed by atoms with van der Waals surface area (Å²) in [5.41, 5.74) is 0. The van der Waals surface area contributed by atoms with Gasteiger partial charge in [-0.15, -0.1) is 0 Å². The fourth-order valence-corrected chi connectivity index (χ4v) is 7.32. The molecule has 1 N–H and O–H groups in total. The van der Waals surface area contributed by atoms with E-state index in [1.165, 1.54) is 31.8 Å². The van der Waals surface area contributed by atoms with Crippen LogP contribution >= 0.6 is 0 Å². The van der Waals surface area contributed by atoms with E-state index < -0.39 is 0 Å². The lowest BCUT2D eigenvalue weighted by molar-refractivity contribution is -0.146. The van der Waals surface area contributed by atoms with Gasteiger partial charge in [-0.25, -0.2) is 4.79 Å². The van der Waals surface area contributed by atoms with Crippen molar-refractivity contribution in [3.63, 3.8) is 0 Å². The van der Waals surface area contributed by atoms with Gasteiger partial charge in [0.2, 0.25) is 0 Å². The zero-order valence-electron chi connectivity index (χ0n) is 16.5. The van der Waals surface area contributed by atoms with Crippen molar-refractivity contribution in [2.45, 2.75) is 51.0 Å². The predicted molar refractivity (Wildman–Crippen MR) is 107 cm³/mol. The summed E-state index contributed by atoms with van der Waals surface area (Å²) in [5, 5.41) is 7.00. The summed E-state index contributed by atoms with van der Waals surface area (Å²) in [6.45, 7) is 3.44. The van der Waals surface area contributed by atoms with Crippen LogP contribution in [0.2, 0.25) is 0 Å². The molecule has 27 heavy (non-hydrogen) atoms. The molecule has 9 unspecified atom stereocenters. The van der Waals surface area contributed by atoms with Crippen LogP contribution in [0, 0.1) is 47.3 Å². The standard InChI is InChI=1S/C13H16O2.C10H14.CH4O/c1-2-13(14)15-12-7-8-6-11(12)10-5-3-4-9(8)10;1-2-9-7-4-5-8(6-7)10(9)3-1;1-2/h2-3,5,8-12H,1,4,6-7H2;1-2,7-10H,3-6H2;2H,1H3. The zero-order chi connectivity index (χ0) is 19.0. The molecule has 0 aromatic rings. The Kier molecular flexibility index (Phi) is 5.59. The lowest BCUT2D eigenvalue weighted by Crippen LogP contribution is -2.31. The third-order valence-electron chi connectivity index (χ3n) is 8.31. The highest BCUT2D eigenvalue weighted by molar-refractivity contribution is 5.81. The van der Waals surface area contributed by atoms with Crippen LogP contribution in [-0.4, -0.2) is 24.3 Å². The van der Waals surface area contributed by atoms with Gasteiger partial charge >= 0.3 is 5.97 Å². The molecule has 0 radical (unpaired) electrons. The molecule has 4 bridgehead atoms. The number of fused-ring (bicyclic) bond motifs is 10. The van der Waals surface area contributed by atoms with E-state index in [0.29, 0.717) is 11.8 Å². The van der Waals surface area contributed by atoms with Crippen molar-refractivity contribution in [1.82, 2.24) is 0 Å². The molecule has 0 heterocycles. The van der Waals surface area contributed by atoms with Gasteiger partial charge < -0.3 is 9.84 Å². The average molecular weight is 371 g/mol.